The number of aryl methyl sites for hydroxylation is 1. The van der Waals surface area contributed by atoms with Crippen LogP contribution in [0.4, 0.5) is 4.39 Å². The molecule has 1 aliphatic carbocycles. The van der Waals surface area contributed by atoms with Crippen LogP contribution in [0.15, 0.2) is 48.5 Å². The SMILES string of the molecule is O=C(CCc1c(-c2ccc(F)cc2)[nH]c2ccccc12)NC1CCN(C2CC2)CC1. The number of hydrogen-bond donors (Lipinski definition) is 2. The Morgan fingerprint density at radius 3 is 2.50 bits per heavy atom. The van der Waals surface area contributed by atoms with Gasteiger partial charge < -0.3 is 15.2 Å². The van der Waals surface area contributed by atoms with Crippen molar-refractivity contribution in [2.45, 2.75) is 50.6 Å². The fourth-order valence-corrected chi connectivity index (χ4v) is 4.71. The zero-order chi connectivity index (χ0) is 20.5. The van der Waals surface area contributed by atoms with Gasteiger partial charge in [-0.2, -0.15) is 0 Å². The van der Waals surface area contributed by atoms with Gasteiger partial charge in [-0.15, -0.1) is 0 Å². The molecule has 0 bridgehead atoms. The van der Waals surface area contributed by atoms with Gasteiger partial charge in [-0.1, -0.05) is 18.2 Å². The number of benzene rings is 2. The number of aromatic amines is 1. The van der Waals surface area contributed by atoms with Crippen LogP contribution in [0.1, 0.15) is 37.7 Å². The Balaban J connectivity index is 1.27. The third-order valence-corrected chi connectivity index (χ3v) is 6.51. The van der Waals surface area contributed by atoms with Gasteiger partial charge in [0.1, 0.15) is 5.82 Å². The maximum absolute atomic E-state index is 13.4. The van der Waals surface area contributed by atoms with E-state index in [0.717, 1.165) is 59.7 Å². The summed E-state index contributed by atoms with van der Waals surface area (Å²) in [5.74, 6) is -0.126. The van der Waals surface area contributed by atoms with Crippen molar-refractivity contribution in [2.75, 3.05) is 13.1 Å². The lowest BCUT2D eigenvalue weighted by atomic mass is 10.00. The summed E-state index contributed by atoms with van der Waals surface area (Å²) in [7, 11) is 0. The number of carbonyl (C=O) groups is 1. The molecule has 5 rings (SSSR count). The molecule has 1 saturated heterocycles. The summed E-state index contributed by atoms with van der Waals surface area (Å²) in [6, 6.07) is 15.8. The number of nitrogens with one attached hydrogen (secondary N) is 2. The summed E-state index contributed by atoms with van der Waals surface area (Å²) >= 11 is 0. The van der Waals surface area contributed by atoms with Crippen LogP contribution in [0.25, 0.3) is 22.2 Å². The average molecular weight is 406 g/mol. The smallest absolute Gasteiger partial charge is 0.220 e. The van der Waals surface area contributed by atoms with Gasteiger partial charge in [-0.25, -0.2) is 4.39 Å². The summed E-state index contributed by atoms with van der Waals surface area (Å²) in [5.41, 5.74) is 4.08. The van der Waals surface area contributed by atoms with Gasteiger partial charge >= 0.3 is 0 Å². The first kappa shape index (κ1) is 19.3. The van der Waals surface area contributed by atoms with Gasteiger partial charge in [-0.3, -0.25) is 4.79 Å². The van der Waals surface area contributed by atoms with Crippen molar-refractivity contribution in [1.82, 2.24) is 15.2 Å². The Labute approximate surface area is 176 Å². The molecule has 1 aromatic heterocycles. The minimum atomic E-state index is -0.247. The maximum Gasteiger partial charge on any atom is 0.220 e. The second-order valence-corrected chi connectivity index (χ2v) is 8.64. The van der Waals surface area contributed by atoms with Crippen LogP contribution in [0, 0.1) is 5.82 Å². The van der Waals surface area contributed by atoms with E-state index in [0.29, 0.717) is 18.9 Å². The molecule has 30 heavy (non-hydrogen) atoms. The molecule has 0 atom stereocenters. The lowest BCUT2D eigenvalue weighted by Crippen LogP contribution is -2.45. The monoisotopic (exact) mass is 405 g/mol. The van der Waals surface area contributed by atoms with Gasteiger partial charge in [0, 0.05) is 48.2 Å². The number of H-pyrrole nitrogens is 1. The minimum absolute atomic E-state index is 0.121. The maximum atomic E-state index is 13.4. The molecular weight excluding hydrogens is 377 g/mol. The Hall–Kier alpha value is -2.66. The lowest BCUT2D eigenvalue weighted by Gasteiger charge is -2.32. The first-order valence-corrected chi connectivity index (χ1v) is 11.1. The third kappa shape index (κ3) is 4.12. The molecule has 1 saturated carbocycles. The highest BCUT2D eigenvalue weighted by Gasteiger charge is 2.32. The largest absolute Gasteiger partial charge is 0.354 e. The molecule has 2 fully saturated rings. The van der Waals surface area contributed by atoms with E-state index in [1.54, 1.807) is 12.1 Å². The molecular formula is C25H28FN3O. The van der Waals surface area contributed by atoms with Crippen molar-refractivity contribution in [1.29, 1.82) is 0 Å². The van der Waals surface area contributed by atoms with Gasteiger partial charge in [0.05, 0.1) is 0 Å². The number of carbonyl (C=O) groups excluding carboxylic acids is 1. The van der Waals surface area contributed by atoms with E-state index in [4.69, 9.17) is 0 Å². The molecule has 3 aromatic rings. The number of fused-ring (bicyclic) bond motifs is 1. The Bertz CT molecular complexity index is 1030. The quantitative estimate of drug-likeness (QED) is 0.627. The van der Waals surface area contributed by atoms with Crippen LogP contribution >= 0.6 is 0 Å². The molecule has 2 aliphatic rings. The van der Waals surface area contributed by atoms with Crippen molar-refractivity contribution in [3.05, 3.63) is 59.9 Å². The fraction of sp³-hybridized carbons (Fsp3) is 0.400. The predicted molar refractivity (Wildman–Crippen MR) is 118 cm³/mol. The molecule has 4 nitrogen and oxygen atoms in total. The van der Waals surface area contributed by atoms with Crippen LogP contribution in [0.5, 0.6) is 0 Å². The van der Waals surface area contributed by atoms with E-state index in [-0.39, 0.29) is 11.7 Å². The number of amides is 1. The number of hydrogen-bond acceptors (Lipinski definition) is 2. The Kier molecular flexibility index (Phi) is 5.30. The van der Waals surface area contributed by atoms with Crippen molar-refractivity contribution < 1.29 is 9.18 Å². The van der Waals surface area contributed by atoms with E-state index in [2.05, 4.69) is 21.3 Å². The normalized spacial score (nSPS) is 18.0. The van der Waals surface area contributed by atoms with Gasteiger partial charge in [-0.05, 0) is 73.6 Å². The van der Waals surface area contributed by atoms with Crippen molar-refractivity contribution in [3.63, 3.8) is 0 Å². The van der Waals surface area contributed by atoms with E-state index >= 15 is 0 Å². The highest BCUT2D eigenvalue weighted by molar-refractivity contribution is 5.91. The Morgan fingerprint density at radius 1 is 1.03 bits per heavy atom. The molecule has 156 valence electrons. The van der Waals surface area contributed by atoms with Crippen molar-refractivity contribution in [2.24, 2.45) is 0 Å². The van der Waals surface area contributed by atoms with E-state index < -0.39 is 0 Å². The summed E-state index contributed by atoms with van der Waals surface area (Å²) in [4.78, 5) is 18.7. The van der Waals surface area contributed by atoms with E-state index in [9.17, 15) is 9.18 Å². The van der Waals surface area contributed by atoms with Crippen LogP contribution in [0.2, 0.25) is 0 Å². The second-order valence-electron chi connectivity index (χ2n) is 8.64. The molecule has 2 aromatic carbocycles. The highest BCUT2D eigenvalue weighted by Crippen LogP contribution is 2.32. The fourth-order valence-electron chi connectivity index (χ4n) is 4.71. The number of nitrogens with zero attached hydrogens (tertiary/aromatic N) is 1. The highest BCUT2D eigenvalue weighted by atomic mass is 19.1. The third-order valence-electron chi connectivity index (χ3n) is 6.51. The topological polar surface area (TPSA) is 48.1 Å². The molecule has 0 unspecified atom stereocenters. The zero-order valence-electron chi connectivity index (χ0n) is 17.2. The van der Waals surface area contributed by atoms with Gasteiger partial charge in [0.15, 0.2) is 0 Å². The number of piperidine rings is 1. The molecule has 5 heteroatoms. The van der Waals surface area contributed by atoms with Crippen molar-refractivity contribution >= 4 is 16.8 Å². The van der Waals surface area contributed by atoms with Crippen molar-refractivity contribution in [3.8, 4) is 11.3 Å². The lowest BCUT2D eigenvalue weighted by molar-refractivity contribution is -0.122. The minimum Gasteiger partial charge on any atom is -0.354 e. The second kappa shape index (κ2) is 8.23. The Morgan fingerprint density at radius 2 is 1.77 bits per heavy atom. The summed E-state index contributed by atoms with van der Waals surface area (Å²) in [5, 5.41) is 4.38. The average Bonchev–Trinajstić information content (AvgIpc) is 3.54. The molecule has 2 heterocycles. The number of halogens is 1. The predicted octanol–water partition coefficient (Wildman–Crippen LogP) is 4.65. The summed E-state index contributed by atoms with van der Waals surface area (Å²) in [6.07, 6.45) is 5.91. The van der Waals surface area contributed by atoms with E-state index in [1.807, 2.05) is 18.2 Å². The molecule has 1 aliphatic heterocycles. The molecule has 2 N–H and O–H groups in total. The number of aromatic nitrogens is 1. The van der Waals surface area contributed by atoms with Gasteiger partial charge in [0.25, 0.3) is 0 Å². The van der Waals surface area contributed by atoms with E-state index in [1.165, 1.54) is 25.0 Å². The first-order valence-electron chi connectivity index (χ1n) is 11.1. The van der Waals surface area contributed by atoms with Crippen LogP contribution in [0.3, 0.4) is 0 Å². The molecule has 1 amide bonds. The van der Waals surface area contributed by atoms with Gasteiger partial charge in [0.2, 0.25) is 5.91 Å². The standard InChI is InChI=1S/C25H28FN3O/c26-18-7-5-17(6-8-18)25-22(21-3-1-2-4-23(21)28-25)11-12-24(30)27-19-13-15-29(16-14-19)20-9-10-20/h1-8,19-20,28H,9-16H2,(H,27,30). The summed E-state index contributed by atoms with van der Waals surface area (Å²) < 4.78 is 13.4. The molecule has 0 radical (unpaired) electrons. The molecule has 0 spiro atoms. The van der Waals surface area contributed by atoms with Crippen LogP contribution < -0.4 is 5.32 Å². The van der Waals surface area contributed by atoms with Crippen LogP contribution in [-0.2, 0) is 11.2 Å². The summed E-state index contributed by atoms with van der Waals surface area (Å²) in [6.45, 7) is 2.21. The number of para-hydroxylation sites is 1. The zero-order valence-corrected chi connectivity index (χ0v) is 17.2. The van der Waals surface area contributed by atoms with Crippen LogP contribution in [-0.4, -0.2) is 41.0 Å². The number of likely N-dealkylation sites (tertiary alicyclic amines) is 1. The number of rotatable bonds is 6. The first-order chi connectivity index (χ1) is 14.7.